The zero-order valence-corrected chi connectivity index (χ0v) is 19.3. The predicted octanol–water partition coefficient (Wildman–Crippen LogP) is 5.08. The highest BCUT2D eigenvalue weighted by atomic mass is 19.4. The van der Waals surface area contributed by atoms with Crippen LogP contribution in [0.3, 0.4) is 0 Å². The quantitative estimate of drug-likeness (QED) is 0.276. The second-order valence-electron chi connectivity index (χ2n) is 7.71. The lowest BCUT2D eigenvalue weighted by atomic mass is 10.0. The summed E-state index contributed by atoms with van der Waals surface area (Å²) in [6.07, 6.45) is -11.9. The van der Waals surface area contributed by atoms with Crippen LogP contribution in [0.4, 0.5) is 26.3 Å². The van der Waals surface area contributed by atoms with Gasteiger partial charge in [0.25, 0.3) is 11.8 Å². The Morgan fingerprint density at radius 2 is 1.32 bits per heavy atom. The molecule has 0 heterocycles. The second kappa shape index (κ2) is 12.4. The van der Waals surface area contributed by atoms with Gasteiger partial charge in [0.1, 0.15) is 0 Å². The van der Waals surface area contributed by atoms with Crippen LogP contribution in [-0.4, -0.2) is 24.5 Å². The van der Waals surface area contributed by atoms with Crippen molar-refractivity contribution in [2.24, 2.45) is 0 Å². The van der Waals surface area contributed by atoms with E-state index in [9.17, 15) is 35.9 Å². The maximum Gasteiger partial charge on any atom is 0.416 e. The van der Waals surface area contributed by atoms with Crippen LogP contribution in [0.15, 0.2) is 78.9 Å². The first-order valence-corrected chi connectivity index (χ1v) is 10.8. The van der Waals surface area contributed by atoms with Crippen LogP contribution in [-0.2, 0) is 33.3 Å². The van der Waals surface area contributed by atoms with E-state index in [1.165, 1.54) is 12.1 Å². The lowest BCUT2D eigenvalue weighted by molar-refractivity contribution is -0.149. The molecule has 3 aromatic rings. The van der Waals surface area contributed by atoms with Crippen molar-refractivity contribution in [1.82, 2.24) is 11.0 Å². The Bertz CT molecular complexity index is 1190. The lowest BCUT2D eigenvalue weighted by Gasteiger charge is -2.18. The van der Waals surface area contributed by atoms with Gasteiger partial charge in [-0.1, -0.05) is 48.5 Å². The molecule has 2 amide bonds. The summed E-state index contributed by atoms with van der Waals surface area (Å²) in [7, 11) is 0. The molecular weight excluding hydrogens is 522 g/mol. The molecular formula is C25H20F6N2O5. The van der Waals surface area contributed by atoms with Crippen molar-refractivity contribution in [2.75, 3.05) is 6.61 Å². The first-order valence-electron chi connectivity index (χ1n) is 10.8. The number of para-hydroxylation sites is 1. The Morgan fingerprint density at radius 1 is 0.763 bits per heavy atom. The maximum absolute atomic E-state index is 13.1. The summed E-state index contributed by atoms with van der Waals surface area (Å²) in [5, 5.41) is 0. The molecule has 202 valence electrons. The van der Waals surface area contributed by atoms with E-state index in [1.54, 1.807) is 54.0 Å². The Kier molecular flexibility index (Phi) is 9.31. The molecule has 3 aromatic carbocycles. The van der Waals surface area contributed by atoms with Crippen molar-refractivity contribution in [2.45, 2.75) is 25.1 Å². The van der Waals surface area contributed by atoms with Crippen molar-refractivity contribution in [3.05, 3.63) is 101 Å². The Labute approximate surface area is 212 Å². The fourth-order valence-electron chi connectivity index (χ4n) is 2.95. The summed E-state index contributed by atoms with van der Waals surface area (Å²) in [5.74, 6) is -2.16. The first kappa shape index (κ1) is 28.5. The third-order valence-corrected chi connectivity index (χ3v) is 4.83. The van der Waals surface area contributed by atoms with E-state index >= 15 is 0 Å². The van der Waals surface area contributed by atoms with Gasteiger partial charge in [0.2, 0.25) is 0 Å². The highest BCUT2D eigenvalue weighted by Gasteiger charge is 2.37. The van der Waals surface area contributed by atoms with Crippen LogP contribution in [0.5, 0.6) is 5.75 Å². The Morgan fingerprint density at radius 3 is 1.87 bits per heavy atom. The summed E-state index contributed by atoms with van der Waals surface area (Å²) in [6, 6.07) is 17.1. The molecule has 38 heavy (non-hydrogen) atoms. The van der Waals surface area contributed by atoms with Crippen LogP contribution >= 0.6 is 0 Å². The molecule has 0 aliphatic rings. The van der Waals surface area contributed by atoms with E-state index in [0.29, 0.717) is 0 Å². The smallest absolute Gasteiger partial charge is 0.379 e. The highest BCUT2D eigenvalue weighted by molar-refractivity contribution is 5.94. The maximum atomic E-state index is 13.1. The molecule has 0 saturated heterocycles. The molecule has 0 aliphatic carbocycles. The summed E-state index contributed by atoms with van der Waals surface area (Å²) >= 11 is 0. The fraction of sp³-hybridized carbons (Fsp3) is 0.200. The zero-order valence-electron chi connectivity index (χ0n) is 19.3. The van der Waals surface area contributed by atoms with Gasteiger partial charge >= 0.3 is 12.4 Å². The number of hydrogen-bond donors (Lipinski definition) is 2. The summed E-state index contributed by atoms with van der Waals surface area (Å²) in [5.41, 5.74) is 0.166. The Balaban J connectivity index is 1.72. The third-order valence-electron chi connectivity index (χ3n) is 4.83. The second-order valence-corrected chi connectivity index (χ2v) is 7.71. The van der Waals surface area contributed by atoms with Crippen LogP contribution in [0.25, 0.3) is 0 Å². The van der Waals surface area contributed by atoms with Crippen LogP contribution in [0.2, 0.25) is 0 Å². The minimum absolute atomic E-state index is 0.0318. The van der Waals surface area contributed by atoms with Crippen molar-refractivity contribution in [3.63, 3.8) is 0 Å². The molecule has 0 aromatic heterocycles. The number of rotatable bonds is 10. The molecule has 2 N–H and O–H groups in total. The number of benzene rings is 3. The van der Waals surface area contributed by atoms with Crippen LogP contribution < -0.4 is 15.8 Å². The van der Waals surface area contributed by atoms with Gasteiger partial charge in [-0.2, -0.15) is 31.8 Å². The van der Waals surface area contributed by atoms with Gasteiger partial charge in [-0.25, -0.2) is 5.48 Å². The number of halogens is 6. The Hall–Kier alpha value is -4.10. The number of carbonyl (C=O) groups is 2. The number of nitrogens with one attached hydrogen (secondary N) is 2. The SMILES string of the molecule is O=C(NO[C@H](COCc1ccccc1)C(=O)NOc1ccccc1)c1cc(C(F)(F)F)cc(C(F)(F)F)c1. The van der Waals surface area contributed by atoms with E-state index in [0.717, 1.165) is 5.56 Å². The monoisotopic (exact) mass is 542 g/mol. The van der Waals surface area contributed by atoms with Crippen molar-refractivity contribution in [1.29, 1.82) is 0 Å². The molecule has 0 radical (unpaired) electrons. The van der Waals surface area contributed by atoms with Crippen LogP contribution in [0.1, 0.15) is 27.0 Å². The molecule has 0 aliphatic heterocycles. The van der Waals surface area contributed by atoms with Gasteiger partial charge in [0.05, 0.1) is 24.3 Å². The normalized spacial score (nSPS) is 12.5. The largest absolute Gasteiger partial charge is 0.416 e. The number of carbonyl (C=O) groups excluding carboxylic acids is 2. The fourth-order valence-corrected chi connectivity index (χ4v) is 2.95. The molecule has 0 fully saturated rings. The zero-order chi connectivity index (χ0) is 27.8. The number of hydroxylamine groups is 2. The van der Waals surface area contributed by atoms with Crippen LogP contribution in [0, 0.1) is 0 Å². The third kappa shape index (κ3) is 8.49. The number of hydrogen-bond acceptors (Lipinski definition) is 5. The number of amides is 2. The number of alkyl halides is 6. The van der Waals surface area contributed by atoms with E-state index in [2.05, 4.69) is 5.48 Å². The van der Waals surface area contributed by atoms with E-state index in [4.69, 9.17) is 14.4 Å². The average Bonchev–Trinajstić information content (AvgIpc) is 2.89. The molecule has 7 nitrogen and oxygen atoms in total. The van der Waals surface area contributed by atoms with Gasteiger partial charge in [0, 0.05) is 5.56 Å². The molecule has 0 unspecified atom stereocenters. The number of ether oxygens (including phenoxy) is 1. The standard InChI is InChI=1S/C25H20F6N2O5/c26-24(27,28)18-11-17(12-19(13-18)25(29,30)31)22(34)32-38-21(15-36-14-16-7-3-1-4-8-16)23(35)33-37-20-9-5-2-6-10-20/h1-13,21H,14-15H2,(H,32,34)(H,33,35)/t21-/m1/s1. The van der Waals surface area contributed by atoms with E-state index in [-0.39, 0.29) is 30.6 Å². The summed E-state index contributed by atoms with van der Waals surface area (Å²) < 4.78 is 84.1. The summed E-state index contributed by atoms with van der Waals surface area (Å²) in [4.78, 5) is 35.2. The van der Waals surface area contributed by atoms with Crippen molar-refractivity contribution >= 4 is 11.8 Å². The predicted molar refractivity (Wildman–Crippen MR) is 120 cm³/mol. The van der Waals surface area contributed by atoms with Gasteiger partial charge in [-0.15, -0.1) is 0 Å². The molecule has 1 atom stereocenters. The van der Waals surface area contributed by atoms with Crippen molar-refractivity contribution in [3.8, 4) is 5.75 Å². The van der Waals surface area contributed by atoms with E-state index in [1.807, 2.05) is 0 Å². The first-order chi connectivity index (χ1) is 17.9. The summed E-state index contributed by atoms with van der Waals surface area (Å²) in [6.45, 7) is -0.431. The van der Waals surface area contributed by atoms with E-state index < -0.39 is 53.6 Å². The minimum atomic E-state index is -5.15. The van der Waals surface area contributed by atoms with Gasteiger partial charge < -0.3 is 9.57 Å². The molecule has 0 spiro atoms. The topological polar surface area (TPSA) is 85.9 Å². The van der Waals surface area contributed by atoms with Gasteiger partial charge in [-0.3, -0.25) is 14.4 Å². The van der Waals surface area contributed by atoms with Crippen molar-refractivity contribution < 1.29 is 50.3 Å². The van der Waals surface area contributed by atoms with Gasteiger partial charge in [0.15, 0.2) is 11.9 Å². The average molecular weight is 542 g/mol. The molecule has 0 saturated carbocycles. The molecule has 0 bridgehead atoms. The minimum Gasteiger partial charge on any atom is -0.379 e. The molecule has 3 rings (SSSR count). The lowest BCUT2D eigenvalue weighted by Crippen LogP contribution is -2.44. The molecule has 13 heteroatoms. The van der Waals surface area contributed by atoms with Gasteiger partial charge in [-0.05, 0) is 35.9 Å². The highest BCUT2D eigenvalue weighted by Crippen LogP contribution is 2.36.